The summed E-state index contributed by atoms with van der Waals surface area (Å²) >= 11 is 0. The average Bonchev–Trinajstić information content (AvgIpc) is 2.37. The van der Waals surface area contributed by atoms with E-state index in [0.717, 1.165) is 5.56 Å². The van der Waals surface area contributed by atoms with Crippen LogP contribution in [0.15, 0.2) is 24.3 Å². The monoisotopic (exact) mass is 239 g/mol. The van der Waals surface area contributed by atoms with Gasteiger partial charge in [-0.1, -0.05) is 12.1 Å². The molecule has 1 rings (SSSR count). The minimum Gasteiger partial charge on any atom is -0.491 e. The number of rotatable bonds is 6. The molecule has 0 aliphatic rings. The molecule has 5 heteroatoms. The maximum atomic E-state index is 11.0. The predicted octanol–water partition coefficient (Wildman–Crippen LogP) is 0.100. The second kappa shape index (κ2) is 6.88. The van der Waals surface area contributed by atoms with Crippen molar-refractivity contribution in [2.45, 2.75) is 12.5 Å². The molecule has 0 radical (unpaired) electrons. The molecular formula is C12H17NO4. The SMILES string of the molecule is COC(=O)C(N)COc1ccc(CCO)cc1. The van der Waals surface area contributed by atoms with Gasteiger partial charge < -0.3 is 20.3 Å². The highest BCUT2D eigenvalue weighted by Crippen LogP contribution is 2.12. The smallest absolute Gasteiger partial charge is 0.326 e. The van der Waals surface area contributed by atoms with Gasteiger partial charge in [0.25, 0.3) is 0 Å². The van der Waals surface area contributed by atoms with E-state index in [4.69, 9.17) is 15.6 Å². The lowest BCUT2D eigenvalue weighted by Gasteiger charge is -2.11. The van der Waals surface area contributed by atoms with Gasteiger partial charge in [-0.05, 0) is 24.1 Å². The minimum atomic E-state index is -0.780. The van der Waals surface area contributed by atoms with Gasteiger partial charge in [0.2, 0.25) is 0 Å². The number of hydrogen-bond acceptors (Lipinski definition) is 5. The average molecular weight is 239 g/mol. The summed E-state index contributed by atoms with van der Waals surface area (Å²) in [5.41, 5.74) is 6.55. The van der Waals surface area contributed by atoms with Crippen molar-refractivity contribution < 1.29 is 19.4 Å². The topological polar surface area (TPSA) is 81.8 Å². The summed E-state index contributed by atoms with van der Waals surface area (Å²) in [6.45, 7) is 0.194. The molecule has 0 aromatic heterocycles. The number of carbonyl (C=O) groups excluding carboxylic acids is 1. The highest BCUT2D eigenvalue weighted by Gasteiger charge is 2.14. The summed E-state index contributed by atoms with van der Waals surface area (Å²) in [4.78, 5) is 11.0. The van der Waals surface area contributed by atoms with Crippen molar-refractivity contribution in [3.05, 3.63) is 29.8 Å². The van der Waals surface area contributed by atoms with E-state index in [1.807, 2.05) is 12.1 Å². The quantitative estimate of drug-likeness (QED) is 0.688. The van der Waals surface area contributed by atoms with Crippen LogP contribution in [0.3, 0.4) is 0 Å². The molecule has 5 nitrogen and oxygen atoms in total. The van der Waals surface area contributed by atoms with Gasteiger partial charge in [-0.2, -0.15) is 0 Å². The molecule has 1 unspecified atom stereocenters. The molecule has 0 saturated carbocycles. The summed E-state index contributed by atoms with van der Waals surface area (Å²) in [6.07, 6.45) is 0.613. The number of hydrogen-bond donors (Lipinski definition) is 2. The molecule has 0 aliphatic heterocycles. The Morgan fingerprint density at radius 3 is 2.59 bits per heavy atom. The fourth-order valence-electron chi connectivity index (χ4n) is 1.29. The Hall–Kier alpha value is -1.59. The molecule has 0 spiro atoms. The van der Waals surface area contributed by atoms with Crippen LogP contribution < -0.4 is 10.5 Å². The van der Waals surface area contributed by atoms with Crippen LogP contribution in [0.5, 0.6) is 5.75 Å². The molecule has 1 aromatic rings. The Kier molecular flexibility index (Phi) is 5.45. The van der Waals surface area contributed by atoms with Gasteiger partial charge in [-0.25, -0.2) is 0 Å². The maximum absolute atomic E-state index is 11.0. The number of esters is 1. The first-order chi connectivity index (χ1) is 8.17. The van der Waals surface area contributed by atoms with E-state index in [9.17, 15) is 4.79 Å². The lowest BCUT2D eigenvalue weighted by Crippen LogP contribution is -2.37. The number of benzene rings is 1. The van der Waals surface area contributed by atoms with Crippen molar-refractivity contribution in [1.82, 2.24) is 0 Å². The second-order valence-electron chi connectivity index (χ2n) is 3.56. The van der Waals surface area contributed by atoms with Crippen LogP contribution in [0, 0.1) is 0 Å². The first-order valence-corrected chi connectivity index (χ1v) is 5.33. The van der Waals surface area contributed by atoms with Crippen LogP contribution in [-0.4, -0.2) is 37.4 Å². The molecule has 0 saturated heterocycles. The Morgan fingerprint density at radius 1 is 1.41 bits per heavy atom. The van der Waals surface area contributed by atoms with Crippen LogP contribution in [0.25, 0.3) is 0 Å². The third-order valence-electron chi connectivity index (χ3n) is 2.26. The van der Waals surface area contributed by atoms with Gasteiger partial charge in [0, 0.05) is 6.61 Å². The van der Waals surface area contributed by atoms with Gasteiger partial charge in [0.1, 0.15) is 18.4 Å². The molecule has 1 atom stereocenters. The number of methoxy groups -OCH3 is 1. The molecule has 94 valence electrons. The normalized spacial score (nSPS) is 11.9. The third-order valence-corrected chi connectivity index (χ3v) is 2.26. The van der Waals surface area contributed by atoms with E-state index in [2.05, 4.69) is 4.74 Å². The highest BCUT2D eigenvalue weighted by molar-refractivity contribution is 5.75. The number of carbonyl (C=O) groups is 1. The molecule has 0 amide bonds. The van der Waals surface area contributed by atoms with Gasteiger partial charge >= 0.3 is 5.97 Å². The number of aliphatic hydroxyl groups is 1. The molecule has 0 heterocycles. The van der Waals surface area contributed by atoms with E-state index in [0.29, 0.717) is 12.2 Å². The van der Waals surface area contributed by atoms with Gasteiger partial charge in [0.05, 0.1) is 7.11 Å². The van der Waals surface area contributed by atoms with E-state index in [1.54, 1.807) is 12.1 Å². The summed E-state index contributed by atoms with van der Waals surface area (Å²) in [5.74, 6) is 0.132. The first-order valence-electron chi connectivity index (χ1n) is 5.33. The van der Waals surface area contributed by atoms with Crippen molar-refractivity contribution >= 4 is 5.97 Å². The Labute approximate surface area is 100 Å². The summed E-state index contributed by atoms with van der Waals surface area (Å²) in [5, 5.41) is 8.75. The summed E-state index contributed by atoms with van der Waals surface area (Å²) in [7, 11) is 1.28. The molecular weight excluding hydrogens is 222 g/mol. The lowest BCUT2D eigenvalue weighted by atomic mass is 10.1. The van der Waals surface area contributed by atoms with Crippen LogP contribution in [0.2, 0.25) is 0 Å². The maximum Gasteiger partial charge on any atom is 0.326 e. The van der Waals surface area contributed by atoms with E-state index in [-0.39, 0.29) is 13.2 Å². The van der Waals surface area contributed by atoms with Crippen LogP contribution in [0.1, 0.15) is 5.56 Å². The largest absolute Gasteiger partial charge is 0.491 e. The van der Waals surface area contributed by atoms with E-state index < -0.39 is 12.0 Å². The Bertz CT molecular complexity index is 350. The zero-order chi connectivity index (χ0) is 12.7. The second-order valence-corrected chi connectivity index (χ2v) is 3.56. The molecule has 0 bridgehead atoms. The van der Waals surface area contributed by atoms with Crippen molar-refractivity contribution in [1.29, 1.82) is 0 Å². The Balaban J connectivity index is 2.44. The van der Waals surface area contributed by atoms with Gasteiger partial charge in [-0.3, -0.25) is 4.79 Å². The fourth-order valence-corrected chi connectivity index (χ4v) is 1.29. The molecule has 17 heavy (non-hydrogen) atoms. The lowest BCUT2D eigenvalue weighted by molar-refractivity contribution is -0.142. The van der Waals surface area contributed by atoms with E-state index >= 15 is 0 Å². The molecule has 1 aromatic carbocycles. The fraction of sp³-hybridized carbons (Fsp3) is 0.417. The van der Waals surface area contributed by atoms with Crippen molar-refractivity contribution in [3.63, 3.8) is 0 Å². The predicted molar refractivity (Wildman–Crippen MR) is 62.7 cm³/mol. The van der Waals surface area contributed by atoms with Crippen molar-refractivity contribution in [2.75, 3.05) is 20.3 Å². The number of ether oxygens (including phenoxy) is 2. The number of aliphatic hydroxyl groups excluding tert-OH is 1. The number of nitrogens with two attached hydrogens (primary N) is 1. The summed E-state index contributed by atoms with van der Waals surface area (Å²) in [6, 6.07) is 6.48. The zero-order valence-electron chi connectivity index (χ0n) is 9.76. The van der Waals surface area contributed by atoms with Crippen LogP contribution >= 0.6 is 0 Å². The first kappa shape index (κ1) is 13.5. The van der Waals surface area contributed by atoms with Gasteiger partial charge in [0.15, 0.2) is 0 Å². The van der Waals surface area contributed by atoms with Crippen LogP contribution in [0.4, 0.5) is 0 Å². The third kappa shape index (κ3) is 4.42. The summed E-state index contributed by atoms with van der Waals surface area (Å²) < 4.78 is 9.82. The molecule has 0 aliphatic carbocycles. The Morgan fingerprint density at radius 2 is 2.06 bits per heavy atom. The van der Waals surface area contributed by atoms with Crippen molar-refractivity contribution in [3.8, 4) is 5.75 Å². The van der Waals surface area contributed by atoms with Crippen molar-refractivity contribution in [2.24, 2.45) is 5.73 Å². The molecule has 0 fully saturated rings. The molecule has 3 N–H and O–H groups in total. The minimum absolute atomic E-state index is 0.0754. The standard InChI is InChI=1S/C12H17NO4/c1-16-12(15)11(13)8-17-10-4-2-9(3-5-10)6-7-14/h2-5,11,14H,6-8,13H2,1H3. The van der Waals surface area contributed by atoms with Gasteiger partial charge in [-0.15, -0.1) is 0 Å². The van der Waals surface area contributed by atoms with Crippen LogP contribution in [-0.2, 0) is 16.0 Å². The zero-order valence-corrected chi connectivity index (χ0v) is 9.76. The van der Waals surface area contributed by atoms with E-state index in [1.165, 1.54) is 7.11 Å². The highest BCUT2D eigenvalue weighted by atomic mass is 16.5.